The second-order valence-electron chi connectivity index (χ2n) is 9.04. The van der Waals surface area contributed by atoms with E-state index in [1.807, 2.05) is 12.1 Å². The van der Waals surface area contributed by atoms with Gasteiger partial charge in [0.2, 0.25) is 0 Å². The van der Waals surface area contributed by atoms with Crippen molar-refractivity contribution in [1.82, 2.24) is 13.9 Å². The van der Waals surface area contributed by atoms with Crippen molar-refractivity contribution < 1.29 is 30.6 Å². The predicted molar refractivity (Wildman–Crippen MR) is 141 cm³/mol. The molecular formula is C26H21F3N6O4S2. The van der Waals surface area contributed by atoms with Gasteiger partial charge >= 0.3 is 12.2 Å². The van der Waals surface area contributed by atoms with Crippen molar-refractivity contribution >= 4 is 32.5 Å². The lowest BCUT2D eigenvalue weighted by Gasteiger charge is -2.41. The van der Waals surface area contributed by atoms with Gasteiger partial charge in [0.1, 0.15) is 11.9 Å². The number of amides is 2. The summed E-state index contributed by atoms with van der Waals surface area (Å²) in [7, 11) is -5.16. The van der Waals surface area contributed by atoms with Gasteiger partial charge in [-0.2, -0.15) is 32.1 Å². The number of sulfonamides is 1. The van der Waals surface area contributed by atoms with E-state index in [2.05, 4.69) is 4.98 Å². The molecule has 0 bridgehead atoms. The van der Waals surface area contributed by atoms with Crippen molar-refractivity contribution in [2.45, 2.75) is 36.0 Å². The van der Waals surface area contributed by atoms with Gasteiger partial charge in [-0.05, 0) is 49.7 Å². The van der Waals surface area contributed by atoms with Crippen LogP contribution in [0.15, 0.2) is 69.9 Å². The van der Waals surface area contributed by atoms with Crippen LogP contribution in [0, 0.1) is 29.6 Å². The van der Waals surface area contributed by atoms with Crippen molar-refractivity contribution in [3.63, 3.8) is 0 Å². The molecular weight excluding hydrogens is 581 g/mol. The number of hydrogen-bond acceptors (Lipinski definition) is 7. The third-order valence-corrected chi connectivity index (χ3v) is 9.10. The fourth-order valence-electron chi connectivity index (χ4n) is 4.41. The standard InChI is InChI=1S/C26H21F3N6O4S2/c1-15-21(13-31)24(20-9-8-17(12-30)10-22(20)40(4)37)35(41(38,39)23-14-33(3)16(2)32-23)25(36)34(15)19-7-5-6-18(11-19)26(27,28)29/h5-11,14,24H,1-4H3/t24-,40?/m1/s1. The molecule has 0 saturated heterocycles. The number of anilines is 1. The van der Waals surface area contributed by atoms with Gasteiger partial charge in [0.15, 0.2) is 5.03 Å². The minimum absolute atomic E-state index is 0.00711. The number of carbonyl (C=O) groups is 1. The van der Waals surface area contributed by atoms with Gasteiger partial charge in [0.25, 0.3) is 10.0 Å². The first-order valence-corrected chi connectivity index (χ1v) is 14.7. The number of allylic oxidation sites excluding steroid dienone is 1. The lowest BCUT2D eigenvalue weighted by molar-refractivity contribution is -0.137. The normalized spacial score (nSPS) is 16.9. The van der Waals surface area contributed by atoms with Gasteiger partial charge in [0, 0.05) is 30.1 Å². The molecule has 3 aromatic rings. The number of nitriles is 2. The Morgan fingerprint density at radius 2 is 1.76 bits per heavy atom. The van der Waals surface area contributed by atoms with Gasteiger partial charge in [-0.1, -0.05) is 12.1 Å². The molecule has 10 nitrogen and oxygen atoms in total. The Balaban J connectivity index is 2.09. The number of benzene rings is 2. The van der Waals surface area contributed by atoms with Crippen LogP contribution in [0.4, 0.5) is 23.7 Å². The van der Waals surface area contributed by atoms with E-state index >= 15 is 0 Å². The molecule has 1 aromatic heterocycles. The highest BCUT2D eigenvalue weighted by Crippen LogP contribution is 2.44. The van der Waals surface area contributed by atoms with Crippen LogP contribution in [-0.2, 0) is 34.0 Å². The number of hydrogen-bond donors (Lipinski definition) is 0. The topological polar surface area (TPSA) is 140 Å². The van der Waals surface area contributed by atoms with Crippen LogP contribution in [0.2, 0.25) is 0 Å². The molecule has 2 amide bonds. The van der Waals surface area contributed by atoms with Gasteiger partial charge in [-0.3, -0.25) is 9.11 Å². The Kier molecular flexibility index (Phi) is 7.55. The number of carbonyl (C=O) groups excluding carboxylic acids is 1. The molecule has 1 unspecified atom stereocenters. The van der Waals surface area contributed by atoms with E-state index in [9.17, 15) is 41.1 Å². The van der Waals surface area contributed by atoms with E-state index < -0.39 is 49.7 Å². The molecule has 212 valence electrons. The largest absolute Gasteiger partial charge is 0.416 e. The fourth-order valence-corrected chi connectivity index (χ4v) is 6.74. The molecule has 0 aliphatic carbocycles. The number of alkyl halides is 3. The maximum atomic E-state index is 14.1. The highest BCUT2D eigenvalue weighted by molar-refractivity contribution is 7.89. The van der Waals surface area contributed by atoms with Crippen molar-refractivity contribution in [3.05, 3.63) is 82.4 Å². The summed E-state index contributed by atoms with van der Waals surface area (Å²) in [5, 5.41) is 19.1. The van der Waals surface area contributed by atoms with E-state index in [-0.39, 0.29) is 38.8 Å². The first-order valence-electron chi connectivity index (χ1n) is 11.7. The van der Waals surface area contributed by atoms with Crippen LogP contribution in [0.25, 0.3) is 0 Å². The van der Waals surface area contributed by atoms with Crippen LogP contribution in [0.3, 0.4) is 0 Å². The molecule has 4 rings (SSSR count). The fraction of sp³-hybridized carbons (Fsp3) is 0.231. The van der Waals surface area contributed by atoms with E-state index in [1.165, 1.54) is 56.0 Å². The van der Waals surface area contributed by atoms with E-state index in [1.54, 1.807) is 0 Å². The monoisotopic (exact) mass is 602 g/mol. The molecule has 1 aliphatic heterocycles. The number of aromatic nitrogens is 2. The van der Waals surface area contributed by atoms with Gasteiger partial charge in [0.05, 0.1) is 45.3 Å². The molecule has 0 radical (unpaired) electrons. The average molecular weight is 603 g/mol. The SMILES string of the molecule is CC1=C(C#N)[C@@H](c2ccc(C#N)cc2S(C)=O)N(S(=O)(=O)c2cn(C)c(C)n2)C(=O)N1c1cccc(C(F)(F)F)c1. The Hall–Kier alpha value is -4.47. The first kappa shape index (κ1) is 29.5. The average Bonchev–Trinajstić information content (AvgIpc) is 3.26. The molecule has 2 atom stereocenters. The lowest BCUT2D eigenvalue weighted by atomic mass is 9.94. The second-order valence-corrected chi connectivity index (χ2v) is 12.1. The van der Waals surface area contributed by atoms with Crippen LogP contribution < -0.4 is 4.90 Å². The molecule has 0 N–H and O–H groups in total. The Labute approximate surface area is 236 Å². The zero-order valence-corrected chi connectivity index (χ0v) is 23.6. The smallest absolute Gasteiger partial charge is 0.337 e. The number of urea groups is 1. The van der Waals surface area contributed by atoms with Crippen LogP contribution in [0.1, 0.15) is 35.5 Å². The third-order valence-electron chi connectivity index (χ3n) is 6.52. The van der Waals surface area contributed by atoms with Gasteiger partial charge in [-0.15, -0.1) is 0 Å². The zero-order valence-electron chi connectivity index (χ0n) is 22.0. The minimum atomic E-state index is -4.88. The predicted octanol–water partition coefficient (Wildman–Crippen LogP) is 4.53. The lowest BCUT2D eigenvalue weighted by Crippen LogP contribution is -2.52. The molecule has 2 aromatic carbocycles. The second kappa shape index (κ2) is 10.5. The zero-order chi connectivity index (χ0) is 30.4. The molecule has 0 saturated carbocycles. The molecule has 0 spiro atoms. The Morgan fingerprint density at radius 3 is 2.29 bits per heavy atom. The summed E-state index contributed by atoms with van der Waals surface area (Å²) in [6.45, 7) is 2.82. The maximum Gasteiger partial charge on any atom is 0.416 e. The summed E-state index contributed by atoms with van der Waals surface area (Å²) < 4.78 is 83.2. The maximum absolute atomic E-state index is 14.1. The first-order chi connectivity index (χ1) is 19.1. The highest BCUT2D eigenvalue weighted by atomic mass is 32.2. The number of imidazole rings is 1. The third kappa shape index (κ3) is 5.10. The van der Waals surface area contributed by atoms with Crippen molar-refractivity contribution in [3.8, 4) is 12.1 Å². The molecule has 0 fully saturated rings. The van der Waals surface area contributed by atoms with E-state index in [0.29, 0.717) is 15.3 Å². The number of nitrogens with zero attached hydrogens (tertiary/aromatic N) is 6. The summed E-state index contributed by atoms with van der Waals surface area (Å²) in [4.78, 5) is 18.9. The molecule has 1 aliphatic rings. The van der Waals surface area contributed by atoms with E-state index in [4.69, 9.17) is 0 Å². The van der Waals surface area contributed by atoms with Crippen LogP contribution in [0.5, 0.6) is 0 Å². The molecule has 2 heterocycles. The number of aryl methyl sites for hydroxylation is 2. The quantitative estimate of drug-likeness (QED) is 0.418. The van der Waals surface area contributed by atoms with Crippen molar-refractivity contribution in [2.24, 2.45) is 7.05 Å². The Morgan fingerprint density at radius 1 is 1.07 bits per heavy atom. The summed E-state index contributed by atoms with van der Waals surface area (Å²) in [5.41, 5.74) is -1.79. The minimum Gasteiger partial charge on any atom is -0.337 e. The summed E-state index contributed by atoms with van der Waals surface area (Å²) in [6.07, 6.45) is -2.34. The van der Waals surface area contributed by atoms with Gasteiger partial charge < -0.3 is 4.57 Å². The van der Waals surface area contributed by atoms with Crippen molar-refractivity contribution in [2.75, 3.05) is 11.2 Å². The summed E-state index contributed by atoms with van der Waals surface area (Å²) in [6, 6.07) is 8.39. The number of rotatable bonds is 5. The summed E-state index contributed by atoms with van der Waals surface area (Å²) >= 11 is 0. The number of halogens is 3. The molecule has 15 heteroatoms. The summed E-state index contributed by atoms with van der Waals surface area (Å²) in [5.74, 6) is 0.278. The van der Waals surface area contributed by atoms with Crippen molar-refractivity contribution in [1.29, 1.82) is 10.5 Å². The van der Waals surface area contributed by atoms with Gasteiger partial charge in [-0.25, -0.2) is 14.1 Å². The Bertz CT molecular complexity index is 1810. The van der Waals surface area contributed by atoms with Crippen LogP contribution >= 0.6 is 0 Å². The van der Waals surface area contributed by atoms with Crippen LogP contribution in [-0.4, -0.2) is 38.8 Å². The molecule has 41 heavy (non-hydrogen) atoms. The van der Waals surface area contributed by atoms with E-state index in [0.717, 1.165) is 18.3 Å². The highest BCUT2D eigenvalue weighted by Gasteiger charge is 2.48.